The summed E-state index contributed by atoms with van der Waals surface area (Å²) in [7, 11) is -2.26. The molecule has 6 heteroatoms. The van der Waals surface area contributed by atoms with E-state index >= 15 is 0 Å². The predicted molar refractivity (Wildman–Crippen MR) is 74.7 cm³/mol. The van der Waals surface area contributed by atoms with Gasteiger partial charge in [-0.1, -0.05) is 20.8 Å². The Labute approximate surface area is 116 Å². The number of sulfone groups is 1. The summed E-state index contributed by atoms with van der Waals surface area (Å²) in [5.41, 5.74) is -0.000221. The van der Waals surface area contributed by atoms with E-state index in [1.807, 2.05) is 6.92 Å². The molecule has 0 spiro atoms. The van der Waals surface area contributed by atoms with Gasteiger partial charge >= 0.3 is 5.97 Å². The number of rotatable bonds is 5. The van der Waals surface area contributed by atoms with E-state index < -0.39 is 26.8 Å². The number of carbonyl (C=O) groups is 1. The highest BCUT2D eigenvalue weighted by atomic mass is 32.2. The molecule has 2 unspecified atom stereocenters. The van der Waals surface area contributed by atoms with Crippen molar-refractivity contribution in [1.82, 2.24) is 5.32 Å². The highest BCUT2D eigenvalue weighted by molar-refractivity contribution is 7.92. The van der Waals surface area contributed by atoms with Crippen LogP contribution in [0.15, 0.2) is 0 Å². The van der Waals surface area contributed by atoms with Crippen LogP contribution in [-0.2, 0) is 19.4 Å². The standard InChI is InChI=1S/C13H25NO4S/c1-5-14-10-6-7-13(2,3)8-11(10)19(16,17)9-12(15)18-4/h10-11,14H,5-9H2,1-4H3. The van der Waals surface area contributed by atoms with Crippen LogP contribution in [0.1, 0.15) is 40.0 Å². The molecule has 112 valence electrons. The molecule has 19 heavy (non-hydrogen) atoms. The fourth-order valence-corrected chi connectivity index (χ4v) is 4.82. The fraction of sp³-hybridized carbons (Fsp3) is 0.923. The van der Waals surface area contributed by atoms with Crippen LogP contribution in [-0.4, -0.2) is 45.1 Å². The van der Waals surface area contributed by atoms with Crippen LogP contribution < -0.4 is 5.32 Å². The van der Waals surface area contributed by atoms with Gasteiger partial charge in [0.15, 0.2) is 9.84 Å². The predicted octanol–water partition coefficient (Wildman–Crippen LogP) is 1.13. The molecule has 0 radical (unpaired) electrons. The molecule has 1 N–H and O–H groups in total. The topological polar surface area (TPSA) is 72.5 Å². The van der Waals surface area contributed by atoms with Crippen LogP contribution in [0.5, 0.6) is 0 Å². The Morgan fingerprint density at radius 3 is 2.58 bits per heavy atom. The van der Waals surface area contributed by atoms with Crippen molar-refractivity contribution in [3.8, 4) is 0 Å². The molecule has 1 rings (SSSR count). The second kappa shape index (κ2) is 6.22. The van der Waals surface area contributed by atoms with Crippen molar-refractivity contribution >= 4 is 15.8 Å². The Morgan fingerprint density at radius 2 is 2.05 bits per heavy atom. The SMILES string of the molecule is CCNC1CCC(C)(C)CC1S(=O)(=O)CC(=O)OC. The third-order valence-corrected chi connectivity index (χ3v) is 5.86. The van der Waals surface area contributed by atoms with Gasteiger partial charge in [-0.25, -0.2) is 8.42 Å². The Hall–Kier alpha value is -0.620. The van der Waals surface area contributed by atoms with Crippen LogP contribution in [0.25, 0.3) is 0 Å². The van der Waals surface area contributed by atoms with Gasteiger partial charge in [0.05, 0.1) is 12.4 Å². The lowest BCUT2D eigenvalue weighted by Gasteiger charge is -2.40. The van der Waals surface area contributed by atoms with E-state index in [9.17, 15) is 13.2 Å². The maximum atomic E-state index is 12.4. The smallest absolute Gasteiger partial charge is 0.320 e. The van der Waals surface area contributed by atoms with Crippen molar-refractivity contribution in [2.24, 2.45) is 5.41 Å². The van der Waals surface area contributed by atoms with Crippen LogP contribution in [0.4, 0.5) is 0 Å². The molecule has 5 nitrogen and oxygen atoms in total. The lowest BCUT2D eigenvalue weighted by molar-refractivity contribution is -0.137. The molecule has 0 bridgehead atoms. The molecule has 0 aromatic carbocycles. The number of carbonyl (C=O) groups excluding carboxylic acids is 1. The number of nitrogens with one attached hydrogen (secondary N) is 1. The van der Waals surface area contributed by atoms with E-state index in [0.29, 0.717) is 6.42 Å². The monoisotopic (exact) mass is 291 g/mol. The summed E-state index contributed by atoms with van der Waals surface area (Å²) in [6.07, 6.45) is 2.41. The summed E-state index contributed by atoms with van der Waals surface area (Å²) >= 11 is 0. The Balaban J connectivity index is 2.92. The van der Waals surface area contributed by atoms with Gasteiger partial charge in [-0.05, 0) is 31.2 Å². The maximum Gasteiger partial charge on any atom is 0.320 e. The fourth-order valence-electron chi connectivity index (χ4n) is 2.72. The summed E-state index contributed by atoms with van der Waals surface area (Å²) in [6.45, 7) is 6.85. The maximum absolute atomic E-state index is 12.4. The molecular weight excluding hydrogens is 266 g/mol. The minimum absolute atomic E-state index is 0.000221. The zero-order valence-corrected chi connectivity index (χ0v) is 13.0. The normalized spacial score (nSPS) is 26.9. The first kappa shape index (κ1) is 16.4. The summed E-state index contributed by atoms with van der Waals surface area (Å²) in [4.78, 5) is 11.3. The van der Waals surface area contributed by atoms with Crippen LogP contribution in [0.2, 0.25) is 0 Å². The molecule has 0 amide bonds. The number of ether oxygens (including phenoxy) is 1. The molecule has 1 fully saturated rings. The Kier molecular flexibility index (Phi) is 5.38. The average molecular weight is 291 g/mol. The lowest BCUT2D eigenvalue weighted by Crippen LogP contribution is -2.51. The first-order valence-electron chi connectivity index (χ1n) is 6.73. The van der Waals surface area contributed by atoms with E-state index in [2.05, 4.69) is 23.9 Å². The Morgan fingerprint density at radius 1 is 1.42 bits per heavy atom. The molecule has 1 aliphatic rings. The molecule has 0 aromatic rings. The van der Waals surface area contributed by atoms with Crippen molar-refractivity contribution in [3.63, 3.8) is 0 Å². The second-order valence-electron chi connectivity index (χ2n) is 5.99. The molecule has 1 aliphatic carbocycles. The summed E-state index contributed by atoms with van der Waals surface area (Å²) in [5, 5.41) is 2.73. The van der Waals surface area contributed by atoms with Crippen LogP contribution in [0.3, 0.4) is 0 Å². The van der Waals surface area contributed by atoms with Gasteiger partial charge < -0.3 is 10.1 Å². The molecule has 0 aliphatic heterocycles. The molecule has 0 heterocycles. The minimum atomic E-state index is -3.47. The lowest BCUT2D eigenvalue weighted by atomic mass is 9.75. The van der Waals surface area contributed by atoms with E-state index in [-0.39, 0.29) is 11.5 Å². The first-order chi connectivity index (χ1) is 8.72. The third-order valence-electron chi connectivity index (χ3n) is 3.81. The zero-order valence-electron chi connectivity index (χ0n) is 12.2. The first-order valence-corrected chi connectivity index (χ1v) is 8.45. The highest BCUT2D eigenvalue weighted by Gasteiger charge is 2.42. The van der Waals surface area contributed by atoms with E-state index in [1.165, 1.54) is 7.11 Å². The van der Waals surface area contributed by atoms with Gasteiger partial charge in [-0.3, -0.25) is 4.79 Å². The van der Waals surface area contributed by atoms with Crippen molar-refractivity contribution in [2.45, 2.75) is 51.3 Å². The molecule has 0 saturated heterocycles. The van der Waals surface area contributed by atoms with Gasteiger partial charge in [0.1, 0.15) is 5.75 Å². The van der Waals surface area contributed by atoms with Gasteiger partial charge in [0.2, 0.25) is 0 Å². The largest absolute Gasteiger partial charge is 0.468 e. The van der Waals surface area contributed by atoms with Gasteiger partial charge in [-0.15, -0.1) is 0 Å². The van der Waals surface area contributed by atoms with Crippen molar-refractivity contribution in [1.29, 1.82) is 0 Å². The number of hydrogen-bond donors (Lipinski definition) is 1. The van der Waals surface area contributed by atoms with E-state index in [4.69, 9.17) is 0 Å². The van der Waals surface area contributed by atoms with Gasteiger partial charge in [-0.2, -0.15) is 0 Å². The average Bonchev–Trinajstić information content (AvgIpc) is 2.30. The molecule has 0 aromatic heterocycles. The van der Waals surface area contributed by atoms with Crippen molar-refractivity contribution in [2.75, 3.05) is 19.4 Å². The molecular formula is C13H25NO4S. The highest BCUT2D eigenvalue weighted by Crippen LogP contribution is 2.38. The number of hydrogen-bond acceptors (Lipinski definition) is 5. The quantitative estimate of drug-likeness (QED) is 0.769. The number of methoxy groups -OCH3 is 1. The van der Waals surface area contributed by atoms with Crippen LogP contribution in [0, 0.1) is 5.41 Å². The zero-order chi connectivity index (χ0) is 14.7. The third kappa shape index (κ3) is 4.45. The van der Waals surface area contributed by atoms with E-state index in [0.717, 1.165) is 19.4 Å². The summed E-state index contributed by atoms with van der Waals surface area (Å²) < 4.78 is 29.3. The minimum Gasteiger partial charge on any atom is -0.468 e. The van der Waals surface area contributed by atoms with Gasteiger partial charge in [0.25, 0.3) is 0 Å². The van der Waals surface area contributed by atoms with Crippen molar-refractivity contribution in [3.05, 3.63) is 0 Å². The van der Waals surface area contributed by atoms with Crippen molar-refractivity contribution < 1.29 is 17.9 Å². The van der Waals surface area contributed by atoms with E-state index in [1.54, 1.807) is 0 Å². The summed E-state index contributed by atoms with van der Waals surface area (Å²) in [6, 6.07) is -0.0623. The molecule has 1 saturated carbocycles. The number of esters is 1. The Bertz CT molecular complexity index is 416. The second-order valence-corrected chi connectivity index (χ2v) is 8.21. The summed E-state index contributed by atoms with van der Waals surface area (Å²) in [5.74, 6) is -1.20. The van der Waals surface area contributed by atoms with Gasteiger partial charge in [0, 0.05) is 6.04 Å². The molecule has 2 atom stereocenters. The van der Waals surface area contributed by atoms with Crippen LogP contribution >= 0.6 is 0 Å².